The molecule has 9 rings (SSSR count). The molecule has 5 heterocycles. The van der Waals surface area contributed by atoms with Crippen molar-refractivity contribution in [1.82, 2.24) is 26.3 Å². The van der Waals surface area contributed by atoms with E-state index in [1.165, 1.54) is 74.0 Å². The van der Waals surface area contributed by atoms with Gasteiger partial charge in [0.1, 0.15) is 72.1 Å². The number of ether oxygens (including phenoxy) is 10. The van der Waals surface area contributed by atoms with E-state index in [0.717, 1.165) is 16.7 Å². The minimum absolute atomic E-state index is 0.00981. The molecule has 5 aliphatic heterocycles. The minimum Gasteiger partial charge on any atom is -0.496 e. The standard InChI is InChI=1S/C96H130IN7O28S3/c1-15-51(2)79(102-71(111)28-20-18-22-41-104-72(112)33-34-73(104)113)67(108)46-61(25-23-39-99-93(98)119)89(117)101-63-31-29-60(30-32-63)49-125-94(120)100-40-24-26-64(107)35-38-95(11,12)135-133-42-36-66-77-65(45-54(5)106)69(110)48-96(66,121)37-21-17-16-19-27-70(77)129-92-87(130-74-43-52(3)62(50-124-74)44-53(4)105)82(115)80(57(8)127-92)103-132-75-47-68(109)88(59(10)126-75)134-90(118)76-55(6)78(97)85(56(7)84(76)122-13)131-91-83(116)86(123-14)81(114)58(9)128-91/h16-17,29-34,36,51-52,57-59,61-62,68,70,74-75,79-83,86-88,91-92,103,109,114-116,121H,15,18,20,22-26,28,35,38-50H2,1-14H3,(H,100,120)(H,101,117)(H,102,111)(H3,98,99,119)/b17-16-,66-36-/t51?,52?,57?,58?,59?,61-,62?,68?,70+,74?,75?,79+,80?,81?,82?,83?,86?,87?,88?,91?,92?,96+/m1/s1. The molecule has 0 spiro atoms. The van der Waals surface area contributed by atoms with Crippen LogP contribution in [0.2, 0.25) is 0 Å². The number of halogens is 1. The molecule has 2 aliphatic carbocycles. The SMILES string of the molecule is CCC(C)[C@H](NC(=O)CCCCCN1C(=O)C=CC1=O)C(=O)C[C@@H](CCCNC(N)=O)C(=O)Nc1ccc(COC(=O)NCCCC(=O)CCC(C)(C)SSC/C=C2/C3=C(CC(C)=O)C(=O)C[C@@]2(O)C#C/C=C\C#C[C@@H]3OC2OC(C)C(NOC3CC(O)C(SC(=O)c4c(C)c(I)c(OC5OC(C)C(O)C(OC)C5O)c(C)c4OC)C(C)O3)C(O)C2OC2CC(C)C(CC(C)=O)CO2)cc1. The molecule has 742 valence electrons. The van der Waals surface area contributed by atoms with Crippen LogP contribution in [0.4, 0.5) is 15.3 Å². The van der Waals surface area contributed by atoms with Crippen LogP contribution in [0.25, 0.3) is 0 Å². The minimum atomic E-state index is -2.14. The number of imide groups is 1. The number of anilines is 1. The number of nitrogens with one attached hydrogen (secondary N) is 5. The van der Waals surface area contributed by atoms with E-state index in [1.807, 2.05) is 57.2 Å². The molecular weight excluding hydrogens is 1920 g/mol. The lowest BCUT2D eigenvalue weighted by atomic mass is 9.72. The number of benzene rings is 2. The Morgan fingerprint density at radius 2 is 1.50 bits per heavy atom. The highest BCUT2D eigenvalue weighted by molar-refractivity contribution is 14.1. The molecule has 22 atom stereocenters. The zero-order valence-corrected chi connectivity index (χ0v) is 83.4. The second kappa shape index (κ2) is 52.3. The lowest BCUT2D eigenvalue weighted by Crippen LogP contribution is -2.64. The number of ketones is 5. The third-order valence-corrected chi connectivity index (χ3v) is 30.7. The number of hydrogen-bond donors (Lipinski definition) is 11. The first-order chi connectivity index (χ1) is 64.0. The second-order valence-corrected chi connectivity index (χ2v) is 41.2. The number of methoxy groups -OCH3 is 2. The molecule has 35 nitrogen and oxygen atoms in total. The molecule has 2 aromatic rings. The maximum absolute atomic E-state index is 14.6. The predicted molar refractivity (Wildman–Crippen MR) is 510 cm³/mol. The molecule has 7 aliphatic rings. The molecule has 2 bridgehead atoms. The topological polar surface area (TPSA) is 497 Å². The molecule has 135 heavy (non-hydrogen) atoms. The molecule has 2 aromatic carbocycles. The van der Waals surface area contributed by atoms with Gasteiger partial charge in [-0.05, 0) is 177 Å². The molecule has 0 saturated carbocycles. The number of Topliss-reactive ketones (excluding diaryl/α,β-unsaturated/α-hetero) is 5. The number of unbranched alkanes of at least 4 members (excludes halogenated alkanes) is 2. The summed E-state index contributed by atoms with van der Waals surface area (Å²) >= 11 is 2.89. The number of nitrogens with zero attached hydrogens (tertiary/aromatic N) is 1. The van der Waals surface area contributed by atoms with Crippen LogP contribution in [-0.2, 0) is 92.5 Å². The number of primary amides is 1. The van der Waals surface area contributed by atoms with Crippen molar-refractivity contribution in [3.05, 3.63) is 97.2 Å². The van der Waals surface area contributed by atoms with Crippen LogP contribution in [0, 0.1) is 64.8 Å². The summed E-state index contributed by atoms with van der Waals surface area (Å²) in [6.45, 7) is 21.4. The van der Waals surface area contributed by atoms with Crippen molar-refractivity contribution in [3.63, 3.8) is 0 Å². The van der Waals surface area contributed by atoms with Gasteiger partial charge in [-0.3, -0.25) is 52.9 Å². The Hall–Kier alpha value is -8.02. The van der Waals surface area contributed by atoms with Crippen molar-refractivity contribution in [3.8, 4) is 35.2 Å². The maximum Gasteiger partial charge on any atom is 0.407 e. The number of carbonyl (C=O) groups excluding carboxylic acids is 12. The fourth-order valence-electron chi connectivity index (χ4n) is 16.9. The number of fused-ring (bicyclic) bond motifs is 2. The molecule has 4 fully saturated rings. The average Bonchev–Trinajstić information content (AvgIpc) is 1.12. The van der Waals surface area contributed by atoms with Crippen molar-refractivity contribution in [2.24, 2.45) is 29.4 Å². The Balaban J connectivity index is 0.784. The van der Waals surface area contributed by atoms with Gasteiger partial charge in [0.25, 0.3) is 11.8 Å². The quantitative estimate of drug-likeness (QED) is 0.00735. The van der Waals surface area contributed by atoms with Crippen LogP contribution in [0.5, 0.6) is 11.5 Å². The zero-order valence-electron chi connectivity index (χ0n) is 78.8. The van der Waals surface area contributed by atoms with E-state index in [0.29, 0.717) is 70.9 Å². The highest BCUT2D eigenvalue weighted by Crippen LogP contribution is 2.47. The fourth-order valence-corrected chi connectivity index (χ4v) is 21.3. The van der Waals surface area contributed by atoms with Gasteiger partial charge in [0, 0.05) is 135 Å². The monoisotopic (exact) mass is 2050 g/mol. The molecular formula is C96H130IN7O28S3. The largest absolute Gasteiger partial charge is 0.496 e. The highest BCUT2D eigenvalue weighted by Gasteiger charge is 2.52. The summed E-state index contributed by atoms with van der Waals surface area (Å²) in [6, 6.07) is 3.77. The summed E-state index contributed by atoms with van der Waals surface area (Å²) in [6.07, 6.45) is -7.39. The van der Waals surface area contributed by atoms with E-state index in [1.54, 1.807) is 65.0 Å². The molecule has 7 amide bonds. The first kappa shape index (κ1) is 111. The smallest absolute Gasteiger partial charge is 0.407 e. The van der Waals surface area contributed by atoms with Crippen LogP contribution in [0.3, 0.4) is 0 Å². The normalized spacial score (nSPS) is 28.0. The lowest BCUT2D eigenvalue weighted by Gasteiger charge is -2.46. The fraction of sp³-hybridized carbons (Fsp3) is 0.625. The third-order valence-electron chi connectivity index (χ3n) is 24.8. The number of allylic oxidation sites excluding steroid dienone is 3. The predicted octanol–water partition coefficient (Wildman–Crippen LogP) is 8.94. The Morgan fingerprint density at radius 1 is 0.793 bits per heavy atom. The molecule has 39 heteroatoms. The van der Waals surface area contributed by atoms with E-state index in [2.05, 4.69) is 50.4 Å². The van der Waals surface area contributed by atoms with Crippen molar-refractivity contribution in [1.29, 1.82) is 0 Å². The van der Waals surface area contributed by atoms with E-state index in [4.69, 9.17) is 57.9 Å². The summed E-state index contributed by atoms with van der Waals surface area (Å²) < 4.78 is 61.8. The second-order valence-electron chi connectivity index (χ2n) is 35.9. The van der Waals surface area contributed by atoms with Gasteiger partial charge in [-0.15, -0.1) is 0 Å². The Morgan fingerprint density at radius 3 is 2.16 bits per heavy atom. The number of amides is 7. The number of alkyl carbamates (subject to hydrolysis) is 1. The van der Waals surface area contributed by atoms with Crippen LogP contribution >= 0.6 is 55.9 Å². The Kier molecular flexibility index (Phi) is 42.8. The first-order valence-corrected chi connectivity index (χ1v) is 50.0. The summed E-state index contributed by atoms with van der Waals surface area (Å²) in [5, 5.41) is 68.7. The molecule has 18 unspecified atom stereocenters. The summed E-state index contributed by atoms with van der Waals surface area (Å²) in [4.78, 5) is 165. The van der Waals surface area contributed by atoms with Crippen molar-refractivity contribution in [2.75, 3.05) is 51.5 Å². The van der Waals surface area contributed by atoms with Crippen molar-refractivity contribution < 1.29 is 135 Å². The van der Waals surface area contributed by atoms with Crippen LogP contribution in [-0.4, -0.2) is 260 Å². The van der Waals surface area contributed by atoms with Crippen molar-refractivity contribution >= 4 is 131 Å². The number of urea groups is 1. The molecule has 0 radical (unpaired) electrons. The van der Waals surface area contributed by atoms with E-state index in [-0.39, 0.29) is 189 Å². The highest BCUT2D eigenvalue weighted by atomic mass is 127. The van der Waals surface area contributed by atoms with E-state index >= 15 is 0 Å². The summed E-state index contributed by atoms with van der Waals surface area (Å²) in [5.41, 5.74) is 8.35. The Bertz CT molecular complexity index is 4810. The number of carbonyl (C=O) groups is 12. The van der Waals surface area contributed by atoms with Gasteiger partial charge in [0.15, 0.2) is 36.0 Å². The number of thioether (sulfide) groups is 1. The number of aliphatic hydroxyl groups excluding tert-OH is 4. The van der Waals surface area contributed by atoms with E-state index in [9.17, 15) is 83.1 Å². The van der Waals surface area contributed by atoms with Crippen LogP contribution in [0.15, 0.2) is 71.4 Å². The van der Waals surface area contributed by atoms with E-state index < -0.39 is 155 Å². The summed E-state index contributed by atoms with van der Waals surface area (Å²) in [7, 11) is 5.64. The number of hydrogen-bond acceptors (Lipinski definition) is 32. The summed E-state index contributed by atoms with van der Waals surface area (Å²) in [5.74, 6) is 8.08. The van der Waals surface area contributed by atoms with Gasteiger partial charge in [-0.2, -0.15) is 5.48 Å². The van der Waals surface area contributed by atoms with Gasteiger partial charge in [-0.1, -0.05) is 109 Å². The number of hydroxylamine groups is 1. The van der Waals surface area contributed by atoms with Gasteiger partial charge in [-0.25, -0.2) is 9.59 Å². The number of rotatable bonds is 48. The van der Waals surface area contributed by atoms with Gasteiger partial charge < -0.3 is 105 Å². The maximum atomic E-state index is 14.6. The lowest BCUT2D eigenvalue weighted by molar-refractivity contribution is -0.335. The molecule has 12 N–H and O–H groups in total. The number of nitrogens with two attached hydrogens (primary N) is 1. The average molecular weight is 2050 g/mol. The number of aliphatic hydroxyl groups is 5. The van der Waals surface area contributed by atoms with Crippen molar-refractivity contribution in [2.45, 2.75) is 313 Å². The first-order valence-electron chi connectivity index (χ1n) is 45.7. The van der Waals surface area contributed by atoms with Crippen LogP contribution < -0.4 is 42.0 Å². The zero-order chi connectivity index (χ0) is 98.9. The van der Waals surface area contributed by atoms with Gasteiger partial charge >= 0.3 is 12.1 Å². The molecule has 0 aromatic heterocycles. The van der Waals surface area contributed by atoms with Gasteiger partial charge in [0.2, 0.25) is 23.2 Å². The third kappa shape index (κ3) is 31.2. The molecule has 4 saturated heterocycles. The van der Waals surface area contributed by atoms with Gasteiger partial charge in [0.05, 0.1) is 71.0 Å². The Labute approximate surface area is 813 Å². The van der Waals surface area contributed by atoms with Crippen LogP contribution in [0.1, 0.15) is 205 Å².